The van der Waals surface area contributed by atoms with Crippen LogP contribution in [-0.2, 0) is 0 Å². The van der Waals surface area contributed by atoms with Crippen molar-refractivity contribution in [2.45, 2.75) is 32.7 Å². The molecule has 98 valence electrons. The van der Waals surface area contributed by atoms with E-state index in [9.17, 15) is 9.18 Å². The summed E-state index contributed by atoms with van der Waals surface area (Å²) in [5, 5.41) is 0. The Hall–Kier alpha value is -1.22. The molecule has 1 aliphatic heterocycles. The van der Waals surface area contributed by atoms with Crippen LogP contribution in [0.15, 0.2) is 24.3 Å². The first kappa shape index (κ1) is 13.2. The van der Waals surface area contributed by atoms with Crippen molar-refractivity contribution in [2.75, 3.05) is 13.1 Å². The fraction of sp³-hybridized carbons (Fsp3) is 0.533. The van der Waals surface area contributed by atoms with Crippen LogP contribution in [-0.4, -0.2) is 29.8 Å². The van der Waals surface area contributed by atoms with Gasteiger partial charge in [0.1, 0.15) is 5.82 Å². The molecule has 0 radical (unpaired) electrons. The Kier molecular flexibility index (Phi) is 4.12. The van der Waals surface area contributed by atoms with E-state index in [0.29, 0.717) is 18.2 Å². The second kappa shape index (κ2) is 5.61. The highest BCUT2D eigenvalue weighted by Gasteiger charge is 2.24. The Balaban J connectivity index is 1.97. The molecule has 2 rings (SSSR count). The van der Waals surface area contributed by atoms with Crippen molar-refractivity contribution in [1.29, 1.82) is 0 Å². The van der Waals surface area contributed by atoms with E-state index in [0.717, 1.165) is 25.3 Å². The van der Waals surface area contributed by atoms with Gasteiger partial charge >= 0.3 is 0 Å². The zero-order chi connectivity index (χ0) is 13.1. The molecular formula is C15H20FNO. The molecular weight excluding hydrogens is 229 g/mol. The van der Waals surface area contributed by atoms with Crippen molar-refractivity contribution in [3.63, 3.8) is 0 Å². The Labute approximate surface area is 108 Å². The lowest BCUT2D eigenvalue weighted by atomic mass is 9.93. The SMILES string of the molecule is CC1CCN(CC(=O)c2ccc(F)cc2)C(C)C1. The number of hydrogen-bond donors (Lipinski definition) is 0. The van der Waals surface area contributed by atoms with Gasteiger partial charge in [0.25, 0.3) is 0 Å². The molecule has 1 aromatic rings. The van der Waals surface area contributed by atoms with Gasteiger partial charge in [-0.05, 0) is 56.5 Å². The second-order valence-corrected chi connectivity index (χ2v) is 5.38. The molecule has 1 aromatic carbocycles. The summed E-state index contributed by atoms with van der Waals surface area (Å²) < 4.78 is 12.8. The number of Topliss-reactive ketones (excluding diaryl/α,β-unsaturated/α-hetero) is 1. The summed E-state index contributed by atoms with van der Waals surface area (Å²) in [6.45, 7) is 5.86. The zero-order valence-corrected chi connectivity index (χ0v) is 11.0. The molecule has 0 bridgehead atoms. The van der Waals surface area contributed by atoms with Crippen LogP contribution in [0.25, 0.3) is 0 Å². The summed E-state index contributed by atoms with van der Waals surface area (Å²) in [5.41, 5.74) is 0.599. The van der Waals surface area contributed by atoms with Gasteiger partial charge in [-0.1, -0.05) is 6.92 Å². The number of ketones is 1. The molecule has 1 saturated heterocycles. The first-order valence-electron chi connectivity index (χ1n) is 6.59. The normalized spacial score (nSPS) is 25.1. The molecule has 0 aromatic heterocycles. The lowest BCUT2D eigenvalue weighted by Crippen LogP contribution is -2.43. The van der Waals surface area contributed by atoms with E-state index in [2.05, 4.69) is 18.7 Å². The first-order chi connectivity index (χ1) is 8.56. The number of rotatable bonds is 3. The monoisotopic (exact) mass is 249 g/mol. The van der Waals surface area contributed by atoms with Crippen LogP contribution >= 0.6 is 0 Å². The number of nitrogens with zero attached hydrogens (tertiary/aromatic N) is 1. The van der Waals surface area contributed by atoms with Gasteiger partial charge in [0.2, 0.25) is 0 Å². The van der Waals surface area contributed by atoms with Crippen molar-refractivity contribution in [1.82, 2.24) is 4.90 Å². The van der Waals surface area contributed by atoms with Gasteiger partial charge in [-0.25, -0.2) is 4.39 Å². The van der Waals surface area contributed by atoms with Crippen molar-refractivity contribution < 1.29 is 9.18 Å². The Morgan fingerprint density at radius 2 is 2.00 bits per heavy atom. The predicted octanol–water partition coefficient (Wildman–Crippen LogP) is 3.13. The average Bonchev–Trinajstić information content (AvgIpc) is 2.33. The van der Waals surface area contributed by atoms with Crippen molar-refractivity contribution in [2.24, 2.45) is 5.92 Å². The Morgan fingerprint density at radius 1 is 1.33 bits per heavy atom. The summed E-state index contributed by atoms with van der Waals surface area (Å²) in [6, 6.07) is 6.27. The predicted molar refractivity (Wildman–Crippen MR) is 70.2 cm³/mol. The van der Waals surface area contributed by atoms with Crippen LogP contribution in [0.5, 0.6) is 0 Å². The number of likely N-dealkylation sites (tertiary alicyclic amines) is 1. The molecule has 2 atom stereocenters. The highest BCUT2D eigenvalue weighted by atomic mass is 19.1. The highest BCUT2D eigenvalue weighted by Crippen LogP contribution is 2.22. The quantitative estimate of drug-likeness (QED) is 0.767. The third-order valence-corrected chi connectivity index (χ3v) is 3.79. The fourth-order valence-corrected chi connectivity index (χ4v) is 2.60. The molecule has 1 fully saturated rings. The second-order valence-electron chi connectivity index (χ2n) is 5.38. The zero-order valence-electron chi connectivity index (χ0n) is 11.0. The van der Waals surface area contributed by atoms with Gasteiger partial charge in [-0.15, -0.1) is 0 Å². The molecule has 2 nitrogen and oxygen atoms in total. The minimum atomic E-state index is -0.299. The maximum atomic E-state index is 12.8. The van der Waals surface area contributed by atoms with Crippen molar-refractivity contribution in [3.05, 3.63) is 35.6 Å². The number of benzene rings is 1. The van der Waals surface area contributed by atoms with Crippen LogP contribution in [0.4, 0.5) is 4.39 Å². The summed E-state index contributed by atoms with van der Waals surface area (Å²) in [5.74, 6) is 0.528. The van der Waals surface area contributed by atoms with Crippen LogP contribution < -0.4 is 0 Å². The molecule has 0 N–H and O–H groups in total. The van der Waals surface area contributed by atoms with Gasteiger partial charge in [-0.3, -0.25) is 9.69 Å². The molecule has 0 amide bonds. The first-order valence-corrected chi connectivity index (χ1v) is 6.59. The highest BCUT2D eigenvalue weighted by molar-refractivity contribution is 5.97. The number of hydrogen-bond acceptors (Lipinski definition) is 2. The number of piperidine rings is 1. The Morgan fingerprint density at radius 3 is 2.61 bits per heavy atom. The van der Waals surface area contributed by atoms with E-state index in [1.165, 1.54) is 12.1 Å². The number of carbonyl (C=O) groups excluding carboxylic acids is 1. The van der Waals surface area contributed by atoms with Crippen molar-refractivity contribution >= 4 is 5.78 Å². The van der Waals surface area contributed by atoms with Crippen LogP contribution in [0.1, 0.15) is 37.0 Å². The van der Waals surface area contributed by atoms with Crippen LogP contribution in [0.3, 0.4) is 0 Å². The smallest absolute Gasteiger partial charge is 0.176 e. The summed E-state index contributed by atoms with van der Waals surface area (Å²) in [7, 11) is 0. The summed E-state index contributed by atoms with van der Waals surface area (Å²) in [4.78, 5) is 14.3. The molecule has 0 spiro atoms. The third-order valence-electron chi connectivity index (χ3n) is 3.79. The molecule has 0 aliphatic carbocycles. The number of carbonyl (C=O) groups is 1. The molecule has 2 unspecified atom stereocenters. The van der Waals surface area contributed by atoms with Crippen LogP contribution in [0.2, 0.25) is 0 Å². The third kappa shape index (κ3) is 3.16. The average molecular weight is 249 g/mol. The lowest BCUT2D eigenvalue weighted by Gasteiger charge is -2.35. The standard InChI is InChI=1S/C15H20FNO/c1-11-7-8-17(12(2)9-11)10-15(18)13-3-5-14(16)6-4-13/h3-6,11-12H,7-10H2,1-2H3. The molecule has 1 aliphatic rings. The maximum absolute atomic E-state index is 12.8. The van der Waals surface area contributed by atoms with E-state index in [1.807, 2.05) is 0 Å². The Bertz CT molecular complexity index is 415. The van der Waals surface area contributed by atoms with Gasteiger partial charge in [0.05, 0.1) is 6.54 Å². The molecule has 3 heteroatoms. The summed E-state index contributed by atoms with van der Waals surface area (Å²) in [6.07, 6.45) is 2.30. The number of halogens is 1. The van der Waals surface area contributed by atoms with E-state index in [1.54, 1.807) is 12.1 Å². The molecule has 1 heterocycles. The van der Waals surface area contributed by atoms with E-state index >= 15 is 0 Å². The van der Waals surface area contributed by atoms with Gasteiger partial charge in [0, 0.05) is 11.6 Å². The van der Waals surface area contributed by atoms with E-state index < -0.39 is 0 Å². The van der Waals surface area contributed by atoms with E-state index in [-0.39, 0.29) is 11.6 Å². The minimum absolute atomic E-state index is 0.0800. The minimum Gasteiger partial charge on any atom is -0.293 e. The molecule has 0 saturated carbocycles. The van der Waals surface area contributed by atoms with Gasteiger partial charge < -0.3 is 0 Å². The van der Waals surface area contributed by atoms with E-state index in [4.69, 9.17) is 0 Å². The summed E-state index contributed by atoms with van der Waals surface area (Å²) >= 11 is 0. The lowest BCUT2D eigenvalue weighted by molar-refractivity contribution is 0.0816. The molecule has 18 heavy (non-hydrogen) atoms. The van der Waals surface area contributed by atoms with Crippen LogP contribution in [0, 0.1) is 11.7 Å². The fourth-order valence-electron chi connectivity index (χ4n) is 2.60. The van der Waals surface area contributed by atoms with Crippen molar-refractivity contribution in [3.8, 4) is 0 Å². The topological polar surface area (TPSA) is 20.3 Å². The maximum Gasteiger partial charge on any atom is 0.176 e. The van der Waals surface area contributed by atoms with Gasteiger partial charge in [0.15, 0.2) is 5.78 Å². The largest absolute Gasteiger partial charge is 0.293 e. The van der Waals surface area contributed by atoms with Gasteiger partial charge in [-0.2, -0.15) is 0 Å².